The smallest absolute Gasteiger partial charge is 0.197 e. The van der Waals surface area contributed by atoms with Crippen LogP contribution in [0.25, 0.3) is 98.7 Å². The zero-order valence-corrected chi connectivity index (χ0v) is 30.6. The summed E-state index contributed by atoms with van der Waals surface area (Å²) in [4.78, 5) is 6.31. The maximum atomic E-state index is 6.83. The molecule has 263 valence electrons. The minimum absolute atomic E-state index is 0.835. The predicted molar refractivity (Wildman–Crippen MR) is 238 cm³/mol. The molecule has 0 saturated heterocycles. The number of aromatic nitrogens is 1. The molecule has 0 atom stereocenters. The molecule has 0 saturated carbocycles. The molecule has 3 aromatic heterocycles. The summed E-state index contributed by atoms with van der Waals surface area (Å²) in [6.45, 7) is 0. The first-order chi connectivity index (χ1) is 28.2. The average molecular weight is 726 g/mol. The van der Waals surface area contributed by atoms with Crippen LogP contribution in [0.3, 0.4) is 0 Å². The van der Waals surface area contributed by atoms with E-state index in [2.05, 4.69) is 181 Å². The Balaban J connectivity index is 1.17. The number of benzene rings is 9. The quantitative estimate of drug-likeness (QED) is 0.185. The number of aromatic amines is 1. The van der Waals surface area contributed by atoms with Gasteiger partial charge >= 0.3 is 0 Å². The zero-order chi connectivity index (χ0) is 37.2. The van der Waals surface area contributed by atoms with E-state index in [0.717, 1.165) is 99.6 Å². The molecule has 13 rings (SSSR count). The third-order valence-corrected chi connectivity index (χ3v) is 12.0. The van der Waals surface area contributed by atoms with Crippen molar-refractivity contribution in [1.82, 2.24) is 4.98 Å². The largest absolute Gasteiger partial charge is 0.456 e. The number of nitrogens with one attached hydrogen (secondary N) is 1. The number of H-pyrrole nitrogens is 1. The van der Waals surface area contributed by atoms with Gasteiger partial charge in [-0.3, -0.25) is 0 Å². The molecule has 1 aliphatic rings. The van der Waals surface area contributed by atoms with Gasteiger partial charge in [-0.25, -0.2) is 0 Å². The summed E-state index contributed by atoms with van der Waals surface area (Å²) in [5, 5.41) is 9.18. The van der Waals surface area contributed by atoms with E-state index >= 15 is 0 Å². The SMILES string of the molecule is [B]1c2ccc(-c3ccccc3)cc2N(c2cccc3c2oc2ccccc23)c2c1c(-c1cccc3c1[nH]c1cc4ccccc4cc13)cc1oc3ccccc3c21. The first-order valence-corrected chi connectivity index (χ1v) is 19.4. The van der Waals surface area contributed by atoms with Crippen LogP contribution < -0.4 is 15.8 Å². The Morgan fingerprint density at radius 1 is 0.456 bits per heavy atom. The van der Waals surface area contributed by atoms with Gasteiger partial charge in [0.05, 0.1) is 22.3 Å². The Bertz CT molecular complexity index is 3630. The maximum absolute atomic E-state index is 6.83. The lowest BCUT2D eigenvalue weighted by atomic mass is 9.57. The first kappa shape index (κ1) is 30.8. The fourth-order valence-electron chi connectivity index (χ4n) is 9.42. The monoisotopic (exact) mass is 725 g/mol. The fraction of sp³-hybridized carbons (Fsp3) is 0. The van der Waals surface area contributed by atoms with Crippen molar-refractivity contribution in [3.63, 3.8) is 0 Å². The molecular weight excluding hydrogens is 695 g/mol. The molecule has 1 radical (unpaired) electrons. The van der Waals surface area contributed by atoms with Crippen molar-refractivity contribution in [2.75, 3.05) is 4.90 Å². The van der Waals surface area contributed by atoms with E-state index < -0.39 is 0 Å². The van der Waals surface area contributed by atoms with Crippen LogP contribution in [0.5, 0.6) is 0 Å². The summed E-state index contributed by atoms with van der Waals surface area (Å²) in [6, 6.07) is 62.8. The topological polar surface area (TPSA) is 45.3 Å². The van der Waals surface area contributed by atoms with Gasteiger partial charge in [0.1, 0.15) is 16.7 Å². The molecule has 12 aromatic rings. The van der Waals surface area contributed by atoms with Gasteiger partial charge in [0.15, 0.2) is 12.9 Å². The molecule has 5 heteroatoms. The summed E-state index contributed by atoms with van der Waals surface area (Å²) in [5.41, 5.74) is 15.5. The Labute approximate surface area is 327 Å². The highest BCUT2D eigenvalue weighted by Gasteiger charge is 2.34. The fourth-order valence-corrected chi connectivity index (χ4v) is 9.42. The second kappa shape index (κ2) is 11.5. The van der Waals surface area contributed by atoms with Crippen LogP contribution >= 0.6 is 0 Å². The van der Waals surface area contributed by atoms with Crippen LogP contribution in [0.1, 0.15) is 0 Å². The number of rotatable bonds is 3. The van der Waals surface area contributed by atoms with Crippen molar-refractivity contribution in [3.8, 4) is 22.3 Å². The summed E-state index contributed by atoms with van der Waals surface area (Å²) in [6.07, 6.45) is 0. The number of para-hydroxylation sites is 4. The van der Waals surface area contributed by atoms with Crippen LogP contribution in [0.2, 0.25) is 0 Å². The van der Waals surface area contributed by atoms with E-state index in [-0.39, 0.29) is 0 Å². The van der Waals surface area contributed by atoms with Crippen LogP contribution in [-0.4, -0.2) is 12.3 Å². The summed E-state index contributed by atoms with van der Waals surface area (Å²) < 4.78 is 13.7. The normalized spacial score (nSPS) is 12.7. The summed E-state index contributed by atoms with van der Waals surface area (Å²) in [5.74, 6) is 0. The van der Waals surface area contributed by atoms with Crippen molar-refractivity contribution in [3.05, 3.63) is 176 Å². The Morgan fingerprint density at radius 2 is 1.18 bits per heavy atom. The van der Waals surface area contributed by atoms with Gasteiger partial charge in [-0.05, 0) is 75.4 Å². The van der Waals surface area contributed by atoms with E-state index in [1.165, 1.54) is 27.1 Å². The standard InChI is InChI=1S/C52H30BN2O2/c1-2-12-30(13-3-1)33-24-25-41-44(28-33)55(43-21-11-20-37-34-16-6-8-22-45(34)57-52(37)43)51-48-38-17-7-9-23-46(38)56-47(48)29-40(49(51)53-41)36-19-10-18-35-39-26-31-14-4-5-15-32(31)27-42(39)54-50(35)36/h1-29,54H. The maximum Gasteiger partial charge on any atom is 0.197 e. The van der Waals surface area contributed by atoms with E-state index in [4.69, 9.17) is 8.83 Å². The molecule has 9 aromatic carbocycles. The molecule has 1 aliphatic heterocycles. The lowest BCUT2D eigenvalue weighted by Crippen LogP contribution is -2.41. The number of hydrogen-bond donors (Lipinski definition) is 1. The number of hydrogen-bond acceptors (Lipinski definition) is 3. The Kier molecular flexibility index (Phi) is 6.22. The van der Waals surface area contributed by atoms with Gasteiger partial charge in [0.2, 0.25) is 0 Å². The third-order valence-electron chi connectivity index (χ3n) is 12.0. The van der Waals surface area contributed by atoms with Gasteiger partial charge in [0.25, 0.3) is 0 Å². The van der Waals surface area contributed by atoms with E-state index in [0.29, 0.717) is 0 Å². The van der Waals surface area contributed by atoms with Crippen LogP contribution in [-0.2, 0) is 0 Å². The van der Waals surface area contributed by atoms with Gasteiger partial charge in [0, 0.05) is 43.7 Å². The van der Waals surface area contributed by atoms with Crippen molar-refractivity contribution >= 4 is 112 Å². The second-order valence-electron chi connectivity index (χ2n) is 15.1. The first-order valence-electron chi connectivity index (χ1n) is 19.4. The van der Waals surface area contributed by atoms with Crippen molar-refractivity contribution in [2.45, 2.75) is 0 Å². The van der Waals surface area contributed by atoms with Gasteiger partial charge in [-0.15, -0.1) is 0 Å². The molecule has 4 nitrogen and oxygen atoms in total. The van der Waals surface area contributed by atoms with E-state index in [9.17, 15) is 0 Å². The number of anilines is 3. The average Bonchev–Trinajstić information content (AvgIpc) is 3.96. The lowest BCUT2D eigenvalue weighted by molar-refractivity contribution is 0.668. The predicted octanol–water partition coefficient (Wildman–Crippen LogP) is 13.0. The van der Waals surface area contributed by atoms with Crippen molar-refractivity contribution < 1.29 is 8.83 Å². The highest BCUT2D eigenvalue weighted by molar-refractivity contribution is 6.74. The molecule has 0 spiro atoms. The molecule has 0 aliphatic carbocycles. The highest BCUT2D eigenvalue weighted by atomic mass is 16.3. The molecule has 0 unspecified atom stereocenters. The summed E-state index contributed by atoms with van der Waals surface area (Å²) in [7, 11) is 2.38. The van der Waals surface area contributed by atoms with Crippen molar-refractivity contribution in [2.24, 2.45) is 0 Å². The second-order valence-corrected chi connectivity index (χ2v) is 15.1. The third kappa shape index (κ3) is 4.39. The van der Waals surface area contributed by atoms with Gasteiger partial charge in [-0.1, -0.05) is 139 Å². The van der Waals surface area contributed by atoms with Crippen LogP contribution in [0.4, 0.5) is 17.1 Å². The van der Waals surface area contributed by atoms with E-state index in [1.807, 2.05) is 12.1 Å². The minimum atomic E-state index is 0.835. The summed E-state index contributed by atoms with van der Waals surface area (Å²) >= 11 is 0. The van der Waals surface area contributed by atoms with Gasteiger partial charge < -0.3 is 18.7 Å². The number of furan rings is 2. The van der Waals surface area contributed by atoms with Gasteiger partial charge in [-0.2, -0.15) is 0 Å². The molecule has 0 bridgehead atoms. The molecular formula is C52H30BN2O2. The zero-order valence-electron chi connectivity index (χ0n) is 30.6. The molecule has 57 heavy (non-hydrogen) atoms. The van der Waals surface area contributed by atoms with Crippen LogP contribution in [0.15, 0.2) is 185 Å². The highest BCUT2D eigenvalue weighted by Crippen LogP contribution is 2.49. The lowest BCUT2D eigenvalue weighted by Gasteiger charge is -2.35. The minimum Gasteiger partial charge on any atom is -0.456 e. The number of nitrogens with zero attached hydrogens (tertiary/aromatic N) is 1. The Morgan fingerprint density at radius 3 is 2.05 bits per heavy atom. The molecule has 4 heterocycles. The molecule has 1 N–H and O–H groups in total. The molecule has 0 amide bonds. The van der Waals surface area contributed by atoms with Crippen molar-refractivity contribution in [1.29, 1.82) is 0 Å². The van der Waals surface area contributed by atoms with Crippen LogP contribution in [0, 0.1) is 0 Å². The van der Waals surface area contributed by atoms with E-state index in [1.54, 1.807) is 0 Å². The number of fused-ring (bicyclic) bond motifs is 13. The Hall–Kier alpha value is -7.50. The molecule has 0 fully saturated rings.